The molecule has 5 nitrogen and oxygen atoms in total. The Labute approximate surface area is 99.6 Å². The summed E-state index contributed by atoms with van der Waals surface area (Å²) < 4.78 is 0. The quantitative estimate of drug-likeness (QED) is 0.583. The lowest BCUT2D eigenvalue weighted by Gasteiger charge is -2.16. The van der Waals surface area contributed by atoms with Crippen LogP contribution in [0.25, 0.3) is 0 Å². The fourth-order valence-corrected chi connectivity index (χ4v) is 1.93. The number of carbonyl (C=O) groups excluding carboxylic acids is 2. The number of benzene rings is 1. The molecule has 90 valence electrons. The van der Waals surface area contributed by atoms with Crippen LogP contribution in [-0.4, -0.2) is 29.8 Å². The summed E-state index contributed by atoms with van der Waals surface area (Å²) in [5.74, 6) is -0.377. The Hall–Kier alpha value is -2.04. The summed E-state index contributed by atoms with van der Waals surface area (Å²) in [5, 5.41) is 3.05. The van der Waals surface area contributed by atoms with E-state index in [1.807, 2.05) is 19.1 Å². The van der Waals surface area contributed by atoms with Crippen LogP contribution in [0.1, 0.15) is 12.0 Å². The molecule has 0 saturated carbocycles. The number of nitrogens with zero attached hydrogens (tertiary/aromatic N) is 1. The van der Waals surface area contributed by atoms with Gasteiger partial charge in [0.2, 0.25) is 5.91 Å². The van der Waals surface area contributed by atoms with Gasteiger partial charge in [-0.1, -0.05) is 12.1 Å². The molecular weight excluding hydrogens is 218 g/mol. The standard InChI is InChI=1S/C12H15N3O2/c1-7-4-3-5-8(13)11(7)14-9-6-10(16)15(2)12(9)17/h3-5,9,14H,6,13H2,1-2H3. The summed E-state index contributed by atoms with van der Waals surface area (Å²) in [7, 11) is 1.49. The van der Waals surface area contributed by atoms with E-state index in [1.165, 1.54) is 7.05 Å². The van der Waals surface area contributed by atoms with Gasteiger partial charge in [0.25, 0.3) is 5.91 Å². The van der Waals surface area contributed by atoms with Crippen LogP contribution in [-0.2, 0) is 9.59 Å². The zero-order chi connectivity index (χ0) is 12.6. The van der Waals surface area contributed by atoms with Crippen molar-refractivity contribution in [2.24, 2.45) is 0 Å². The van der Waals surface area contributed by atoms with Gasteiger partial charge in [-0.05, 0) is 18.6 Å². The fourth-order valence-electron chi connectivity index (χ4n) is 1.93. The highest BCUT2D eigenvalue weighted by atomic mass is 16.2. The van der Waals surface area contributed by atoms with Gasteiger partial charge in [-0.2, -0.15) is 0 Å². The number of likely N-dealkylation sites (N-methyl/N-ethyl adjacent to an activating group) is 1. The highest BCUT2D eigenvalue weighted by Crippen LogP contribution is 2.25. The fraction of sp³-hybridized carbons (Fsp3) is 0.333. The molecule has 1 aromatic rings. The first-order valence-corrected chi connectivity index (χ1v) is 5.42. The average molecular weight is 233 g/mol. The molecular formula is C12H15N3O2. The summed E-state index contributed by atoms with van der Waals surface area (Å²) in [5.41, 5.74) is 8.11. The number of carbonyl (C=O) groups is 2. The van der Waals surface area contributed by atoms with Crippen molar-refractivity contribution in [1.82, 2.24) is 4.90 Å². The van der Waals surface area contributed by atoms with Crippen LogP contribution in [0, 0.1) is 6.92 Å². The maximum absolute atomic E-state index is 11.7. The van der Waals surface area contributed by atoms with Gasteiger partial charge in [-0.15, -0.1) is 0 Å². The summed E-state index contributed by atoms with van der Waals surface area (Å²) in [6.07, 6.45) is 0.184. The van der Waals surface area contributed by atoms with Gasteiger partial charge >= 0.3 is 0 Å². The topological polar surface area (TPSA) is 75.4 Å². The summed E-state index contributed by atoms with van der Waals surface area (Å²) in [6.45, 7) is 1.91. The van der Waals surface area contributed by atoms with Gasteiger partial charge in [-0.3, -0.25) is 14.5 Å². The molecule has 0 aromatic heterocycles. The Balaban J connectivity index is 2.23. The maximum Gasteiger partial charge on any atom is 0.251 e. The van der Waals surface area contributed by atoms with E-state index in [-0.39, 0.29) is 18.2 Å². The highest BCUT2D eigenvalue weighted by molar-refractivity contribution is 6.06. The van der Waals surface area contributed by atoms with Crippen molar-refractivity contribution in [2.45, 2.75) is 19.4 Å². The molecule has 0 radical (unpaired) electrons. The van der Waals surface area contributed by atoms with E-state index in [0.717, 1.165) is 16.2 Å². The number of aryl methyl sites for hydroxylation is 1. The van der Waals surface area contributed by atoms with E-state index in [2.05, 4.69) is 5.32 Å². The smallest absolute Gasteiger partial charge is 0.251 e. The zero-order valence-electron chi connectivity index (χ0n) is 9.86. The first-order chi connectivity index (χ1) is 8.00. The van der Waals surface area contributed by atoms with E-state index < -0.39 is 6.04 Å². The number of rotatable bonds is 2. The number of amides is 2. The third kappa shape index (κ3) is 1.95. The predicted molar refractivity (Wildman–Crippen MR) is 65.4 cm³/mol. The van der Waals surface area contributed by atoms with Gasteiger partial charge in [-0.25, -0.2) is 0 Å². The molecule has 1 aliphatic heterocycles. The van der Waals surface area contributed by atoms with Gasteiger partial charge in [0.1, 0.15) is 6.04 Å². The SMILES string of the molecule is Cc1cccc(N)c1NC1CC(=O)N(C)C1=O. The van der Waals surface area contributed by atoms with E-state index in [4.69, 9.17) is 5.73 Å². The third-order valence-electron chi connectivity index (χ3n) is 3.01. The summed E-state index contributed by atoms with van der Waals surface area (Å²) >= 11 is 0. The second-order valence-electron chi connectivity index (χ2n) is 4.23. The number of hydrogen-bond donors (Lipinski definition) is 2. The van der Waals surface area contributed by atoms with E-state index in [1.54, 1.807) is 6.07 Å². The zero-order valence-corrected chi connectivity index (χ0v) is 9.86. The molecule has 0 spiro atoms. The molecule has 1 unspecified atom stereocenters. The molecule has 1 fully saturated rings. The van der Waals surface area contributed by atoms with Gasteiger partial charge in [0.05, 0.1) is 17.8 Å². The molecule has 17 heavy (non-hydrogen) atoms. The summed E-state index contributed by atoms with van der Waals surface area (Å²) in [6, 6.07) is 5.02. The number of hydrogen-bond acceptors (Lipinski definition) is 4. The largest absolute Gasteiger partial charge is 0.397 e. The summed E-state index contributed by atoms with van der Waals surface area (Å²) in [4.78, 5) is 24.3. The van der Waals surface area contributed by atoms with Crippen LogP contribution in [0.4, 0.5) is 11.4 Å². The van der Waals surface area contributed by atoms with Crippen LogP contribution in [0.5, 0.6) is 0 Å². The van der Waals surface area contributed by atoms with Crippen LogP contribution < -0.4 is 11.1 Å². The van der Waals surface area contributed by atoms with Crippen molar-refractivity contribution >= 4 is 23.2 Å². The Bertz CT molecular complexity index is 464. The second-order valence-corrected chi connectivity index (χ2v) is 4.23. The molecule has 0 bridgehead atoms. The minimum absolute atomic E-state index is 0.167. The van der Waals surface area contributed by atoms with Crippen LogP contribution in [0.15, 0.2) is 18.2 Å². The Morgan fingerprint density at radius 2 is 2.12 bits per heavy atom. The van der Waals surface area contributed by atoms with Crippen molar-refractivity contribution < 1.29 is 9.59 Å². The average Bonchev–Trinajstić information content (AvgIpc) is 2.52. The monoisotopic (exact) mass is 233 g/mol. The van der Waals surface area contributed by atoms with E-state index in [0.29, 0.717) is 5.69 Å². The second kappa shape index (κ2) is 4.08. The van der Waals surface area contributed by atoms with Crippen molar-refractivity contribution in [3.8, 4) is 0 Å². The number of likely N-dealkylation sites (tertiary alicyclic amines) is 1. The normalized spacial score (nSPS) is 19.9. The molecule has 5 heteroatoms. The first kappa shape index (κ1) is 11.4. The van der Waals surface area contributed by atoms with Crippen molar-refractivity contribution in [3.05, 3.63) is 23.8 Å². The van der Waals surface area contributed by atoms with Crippen molar-refractivity contribution in [3.63, 3.8) is 0 Å². The lowest BCUT2D eigenvalue weighted by Crippen LogP contribution is -2.32. The molecule has 2 rings (SSSR count). The third-order valence-corrected chi connectivity index (χ3v) is 3.01. The molecule has 3 N–H and O–H groups in total. The number of imide groups is 1. The number of nitrogen functional groups attached to an aromatic ring is 1. The van der Waals surface area contributed by atoms with Crippen molar-refractivity contribution in [1.29, 1.82) is 0 Å². The van der Waals surface area contributed by atoms with Crippen LogP contribution in [0.2, 0.25) is 0 Å². The molecule has 0 aliphatic carbocycles. The maximum atomic E-state index is 11.7. The molecule has 1 saturated heterocycles. The highest BCUT2D eigenvalue weighted by Gasteiger charge is 2.36. The van der Waals surface area contributed by atoms with Gasteiger partial charge < -0.3 is 11.1 Å². The Morgan fingerprint density at radius 3 is 2.65 bits per heavy atom. The van der Waals surface area contributed by atoms with Crippen LogP contribution >= 0.6 is 0 Å². The lowest BCUT2D eigenvalue weighted by atomic mass is 10.1. The Kier molecular flexibility index (Phi) is 2.75. The number of nitrogens with one attached hydrogen (secondary N) is 1. The molecule has 1 aliphatic rings. The minimum Gasteiger partial charge on any atom is -0.397 e. The molecule has 1 heterocycles. The number of anilines is 2. The number of para-hydroxylation sites is 1. The first-order valence-electron chi connectivity index (χ1n) is 5.42. The van der Waals surface area contributed by atoms with E-state index in [9.17, 15) is 9.59 Å². The minimum atomic E-state index is -0.504. The van der Waals surface area contributed by atoms with Crippen LogP contribution in [0.3, 0.4) is 0 Å². The predicted octanol–water partition coefficient (Wildman–Crippen LogP) is 0.746. The molecule has 2 amide bonds. The van der Waals surface area contributed by atoms with Crippen molar-refractivity contribution in [2.75, 3.05) is 18.1 Å². The van der Waals surface area contributed by atoms with Gasteiger partial charge in [0.15, 0.2) is 0 Å². The Morgan fingerprint density at radius 1 is 1.41 bits per heavy atom. The molecule has 1 atom stereocenters. The number of nitrogens with two attached hydrogens (primary N) is 1. The lowest BCUT2D eigenvalue weighted by molar-refractivity contribution is -0.136. The van der Waals surface area contributed by atoms with E-state index >= 15 is 0 Å². The molecule has 1 aromatic carbocycles. The van der Waals surface area contributed by atoms with Gasteiger partial charge in [0, 0.05) is 7.05 Å².